The molecule has 1 aromatic rings. The van der Waals surface area contributed by atoms with Crippen LogP contribution in [0.5, 0.6) is 5.88 Å². The third-order valence-corrected chi connectivity index (χ3v) is 4.88. The lowest BCUT2D eigenvalue weighted by molar-refractivity contribution is -0.139. The monoisotopic (exact) mass is 445 g/mol. The first kappa shape index (κ1) is 24.9. The summed E-state index contributed by atoms with van der Waals surface area (Å²) in [5, 5.41) is 5.05. The highest BCUT2D eigenvalue weighted by Crippen LogP contribution is 2.35. The van der Waals surface area contributed by atoms with Crippen LogP contribution in [0.4, 0.5) is 13.2 Å². The van der Waals surface area contributed by atoms with Crippen molar-refractivity contribution >= 4 is 11.8 Å². The number of ether oxygens (including phenoxy) is 2. The van der Waals surface area contributed by atoms with Crippen LogP contribution in [0.2, 0.25) is 0 Å². The molecule has 0 spiro atoms. The molecule has 1 saturated heterocycles. The van der Waals surface area contributed by atoms with E-state index in [2.05, 4.69) is 15.6 Å². The lowest BCUT2D eigenvalue weighted by atomic mass is 9.87. The van der Waals surface area contributed by atoms with Gasteiger partial charge in [-0.25, -0.2) is 4.98 Å². The van der Waals surface area contributed by atoms with E-state index in [1.54, 1.807) is 0 Å². The van der Waals surface area contributed by atoms with Crippen molar-refractivity contribution < 1.29 is 32.2 Å². The van der Waals surface area contributed by atoms with E-state index in [0.717, 1.165) is 12.1 Å². The quantitative estimate of drug-likeness (QED) is 0.673. The molecule has 2 rings (SSSR count). The normalized spacial score (nSPS) is 16.5. The SMILES string of the molecule is CNC(=O)[C@H](CC(C)(C)C)NC(=O)c1ccc(C(F)(F)F)c(OCC2CCOCC2)n1. The first-order valence-electron chi connectivity index (χ1n) is 10.2. The predicted octanol–water partition coefficient (Wildman–Crippen LogP) is 3.19. The Morgan fingerprint density at radius 2 is 1.87 bits per heavy atom. The summed E-state index contributed by atoms with van der Waals surface area (Å²) in [7, 11) is 1.45. The van der Waals surface area contributed by atoms with E-state index in [9.17, 15) is 22.8 Å². The molecule has 0 aliphatic carbocycles. The molecule has 0 bridgehead atoms. The number of amides is 2. The minimum Gasteiger partial charge on any atom is -0.477 e. The van der Waals surface area contributed by atoms with E-state index in [-0.39, 0.29) is 23.6 Å². The number of hydrogen-bond donors (Lipinski definition) is 2. The number of likely N-dealkylation sites (N-methyl/N-ethyl adjacent to an activating group) is 1. The van der Waals surface area contributed by atoms with Gasteiger partial charge in [-0.1, -0.05) is 20.8 Å². The number of carbonyl (C=O) groups is 2. The van der Waals surface area contributed by atoms with Gasteiger partial charge in [0.05, 0.1) is 6.61 Å². The van der Waals surface area contributed by atoms with E-state index in [1.165, 1.54) is 7.05 Å². The molecule has 2 amide bonds. The summed E-state index contributed by atoms with van der Waals surface area (Å²) in [4.78, 5) is 28.7. The highest BCUT2D eigenvalue weighted by atomic mass is 19.4. The van der Waals surface area contributed by atoms with Gasteiger partial charge in [0.15, 0.2) is 0 Å². The number of aromatic nitrogens is 1. The van der Waals surface area contributed by atoms with Gasteiger partial charge in [-0.05, 0) is 42.7 Å². The van der Waals surface area contributed by atoms with Crippen LogP contribution in [0.1, 0.15) is 56.1 Å². The number of carbonyl (C=O) groups excluding carboxylic acids is 2. The van der Waals surface area contributed by atoms with Gasteiger partial charge >= 0.3 is 6.18 Å². The molecule has 1 atom stereocenters. The van der Waals surface area contributed by atoms with Crippen LogP contribution in [-0.2, 0) is 15.7 Å². The summed E-state index contributed by atoms with van der Waals surface area (Å²) in [5.74, 6) is -1.73. The van der Waals surface area contributed by atoms with Gasteiger partial charge in [-0.3, -0.25) is 9.59 Å². The van der Waals surface area contributed by atoms with E-state index >= 15 is 0 Å². The van der Waals surface area contributed by atoms with Gasteiger partial charge in [0.1, 0.15) is 17.3 Å². The molecule has 174 valence electrons. The van der Waals surface area contributed by atoms with Crippen LogP contribution >= 0.6 is 0 Å². The molecule has 2 heterocycles. The topological polar surface area (TPSA) is 89.6 Å². The zero-order chi connectivity index (χ0) is 23.2. The van der Waals surface area contributed by atoms with Crippen LogP contribution in [0.15, 0.2) is 12.1 Å². The van der Waals surface area contributed by atoms with Crippen LogP contribution in [0.25, 0.3) is 0 Å². The maximum atomic E-state index is 13.4. The van der Waals surface area contributed by atoms with E-state index < -0.39 is 35.5 Å². The Morgan fingerprint density at radius 1 is 1.23 bits per heavy atom. The van der Waals surface area contributed by atoms with Gasteiger partial charge in [0, 0.05) is 20.3 Å². The Hall–Kier alpha value is -2.36. The maximum Gasteiger partial charge on any atom is 0.421 e. The van der Waals surface area contributed by atoms with Crippen LogP contribution in [-0.4, -0.2) is 49.7 Å². The summed E-state index contributed by atoms with van der Waals surface area (Å²) in [5.41, 5.74) is -1.57. The van der Waals surface area contributed by atoms with Gasteiger partial charge < -0.3 is 20.1 Å². The summed E-state index contributed by atoms with van der Waals surface area (Å²) in [6.07, 6.45) is -2.97. The number of rotatable bonds is 7. The molecule has 10 heteroatoms. The average molecular weight is 445 g/mol. The Kier molecular flexibility index (Phi) is 8.27. The van der Waals surface area contributed by atoms with Crippen molar-refractivity contribution in [3.8, 4) is 5.88 Å². The summed E-state index contributed by atoms with van der Waals surface area (Å²) < 4.78 is 50.8. The zero-order valence-electron chi connectivity index (χ0n) is 18.3. The average Bonchev–Trinajstić information content (AvgIpc) is 2.70. The van der Waals surface area contributed by atoms with Gasteiger partial charge in [0.25, 0.3) is 5.91 Å². The molecule has 2 N–H and O–H groups in total. The zero-order valence-corrected chi connectivity index (χ0v) is 18.3. The molecule has 0 aromatic carbocycles. The van der Waals surface area contributed by atoms with Crippen molar-refractivity contribution in [3.05, 3.63) is 23.4 Å². The number of pyridine rings is 1. The summed E-state index contributed by atoms with van der Waals surface area (Å²) >= 11 is 0. The number of alkyl halides is 3. The van der Waals surface area contributed by atoms with E-state index in [0.29, 0.717) is 32.5 Å². The first-order chi connectivity index (χ1) is 14.4. The number of nitrogens with one attached hydrogen (secondary N) is 2. The summed E-state index contributed by atoms with van der Waals surface area (Å²) in [6, 6.07) is 0.908. The third-order valence-electron chi connectivity index (χ3n) is 4.88. The van der Waals surface area contributed by atoms with Crippen molar-refractivity contribution in [2.75, 3.05) is 26.9 Å². The van der Waals surface area contributed by atoms with Gasteiger partial charge in [0.2, 0.25) is 11.8 Å². The third kappa shape index (κ3) is 7.68. The molecular weight excluding hydrogens is 415 g/mol. The first-order valence-corrected chi connectivity index (χ1v) is 10.2. The van der Waals surface area contributed by atoms with Crippen molar-refractivity contribution in [1.82, 2.24) is 15.6 Å². The van der Waals surface area contributed by atoms with Crippen molar-refractivity contribution in [1.29, 1.82) is 0 Å². The smallest absolute Gasteiger partial charge is 0.421 e. The second kappa shape index (κ2) is 10.3. The molecule has 1 fully saturated rings. The highest BCUT2D eigenvalue weighted by Gasteiger charge is 2.36. The molecule has 1 aliphatic heterocycles. The van der Waals surface area contributed by atoms with Crippen molar-refractivity contribution in [2.45, 2.75) is 52.3 Å². The van der Waals surface area contributed by atoms with Gasteiger partial charge in [-0.2, -0.15) is 13.2 Å². The van der Waals surface area contributed by atoms with Crippen molar-refractivity contribution in [2.24, 2.45) is 11.3 Å². The molecule has 0 saturated carbocycles. The second-order valence-electron chi connectivity index (χ2n) is 8.82. The Morgan fingerprint density at radius 3 is 2.42 bits per heavy atom. The molecule has 1 aromatic heterocycles. The van der Waals surface area contributed by atoms with Crippen LogP contribution in [0.3, 0.4) is 0 Å². The Balaban J connectivity index is 2.22. The number of hydrogen-bond acceptors (Lipinski definition) is 5. The molecule has 0 radical (unpaired) electrons. The van der Waals surface area contributed by atoms with E-state index in [4.69, 9.17) is 9.47 Å². The Labute approximate surface area is 180 Å². The van der Waals surface area contributed by atoms with Crippen LogP contribution in [0, 0.1) is 11.3 Å². The lowest BCUT2D eigenvalue weighted by Crippen LogP contribution is -2.47. The Bertz CT molecular complexity index is 772. The molecule has 31 heavy (non-hydrogen) atoms. The number of halogens is 3. The second-order valence-corrected chi connectivity index (χ2v) is 8.82. The lowest BCUT2D eigenvalue weighted by Gasteiger charge is -2.25. The van der Waals surface area contributed by atoms with Gasteiger partial charge in [-0.15, -0.1) is 0 Å². The molecular formula is C21H30F3N3O4. The minimum absolute atomic E-state index is 0.0510. The maximum absolute atomic E-state index is 13.4. The minimum atomic E-state index is -4.68. The highest BCUT2D eigenvalue weighted by molar-refractivity contribution is 5.96. The molecule has 7 nitrogen and oxygen atoms in total. The van der Waals surface area contributed by atoms with Crippen LogP contribution < -0.4 is 15.4 Å². The fraction of sp³-hybridized carbons (Fsp3) is 0.667. The number of nitrogens with zero attached hydrogens (tertiary/aromatic N) is 1. The van der Waals surface area contributed by atoms with E-state index in [1.807, 2.05) is 20.8 Å². The molecule has 0 unspecified atom stereocenters. The standard InChI is InChI=1S/C21H30F3N3O4/c1-20(2,3)11-16(17(28)25-4)26-18(29)15-6-5-14(21(22,23)24)19(27-15)31-12-13-7-9-30-10-8-13/h5-6,13,16H,7-12H2,1-4H3,(H,25,28)(H,26,29)/t16-/m0/s1. The van der Waals surface area contributed by atoms with Crippen molar-refractivity contribution in [3.63, 3.8) is 0 Å². The molecule has 1 aliphatic rings. The summed E-state index contributed by atoms with van der Waals surface area (Å²) in [6.45, 7) is 6.85. The fourth-order valence-corrected chi connectivity index (χ4v) is 3.23. The predicted molar refractivity (Wildman–Crippen MR) is 108 cm³/mol. The fourth-order valence-electron chi connectivity index (χ4n) is 3.23. The largest absolute Gasteiger partial charge is 0.477 e.